The molecule has 4 nitrogen and oxygen atoms in total. The Kier molecular flexibility index (Phi) is 2.28. The molecule has 0 aliphatic carbocycles. The normalized spacial score (nSPS) is 19.4. The van der Waals surface area contributed by atoms with E-state index < -0.39 is 0 Å². The fraction of sp³-hybridized carbons (Fsp3) is 0.308. The van der Waals surface area contributed by atoms with Crippen LogP contribution in [0.5, 0.6) is 0 Å². The van der Waals surface area contributed by atoms with Crippen molar-refractivity contribution >= 4 is 17.0 Å². The number of aryl methyl sites for hydroxylation is 1. The Balaban J connectivity index is 1.92. The molecule has 1 aromatic heterocycles. The van der Waals surface area contributed by atoms with Crippen LogP contribution in [0.4, 0.5) is 4.79 Å². The molecule has 1 atom stereocenters. The summed E-state index contributed by atoms with van der Waals surface area (Å²) in [5.74, 6) is 0. The van der Waals surface area contributed by atoms with Gasteiger partial charge in [0.2, 0.25) is 0 Å². The van der Waals surface area contributed by atoms with E-state index in [0.29, 0.717) is 6.61 Å². The quantitative estimate of drug-likeness (QED) is 0.855. The predicted octanol–water partition coefficient (Wildman–Crippen LogP) is 1.83. The molecular formula is C13H14N2O2. The van der Waals surface area contributed by atoms with E-state index in [4.69, 9.17) is 4.74 Å². The molecule has 1 saturated heterocycles. The SMILES string of the molecule is Cn1cc(C[C@H]2COC(=O)N2)c2ccccc21. The second-order valence-electron chi connectivity index (χ2n) is 4.43. The first kappa shape index (κ1) is 10.2. The summed E-state index contributed by atoms with van der Waals surface area (Å²) < 4.78 is 7.01. The van der Waals surface area contributed by atoms with Crippen molar-refractivity contribution in [3.8, 4) is 0 Å². The first-order valence-corrected chi connectivity index (χ1v) is 5.70. The van der Waals surface area contributed by atoms with E-state index in [-0.39, 0.29) is 12.1 Å². The first-order chi connectivity index (χ1) is 8.24. The summed E-state index contributed by atoms with van der Waals surface area (Å²) in [5.41, 5.74) is 2.46. The molecule has 1 fully saturated rings. The number of rotatable bonds is 2. The highest BCUT2D eigenvalue weighted by atomic mass is 16.6. The van der Waals surface area contributed by atoms with Crippen LogP contribution in [0.2, 0.25) is 0 Å². The lowest BCUT2D eigenvalue weighted by Gasteiger charge is -2.05. The lowest BCUT2D eigenvalue weighted by Crippen LogP contribution is -2.28. The molecule has 0 spiro atoms. The molecule has 1 aromatic carbocycles. The lowest BCUT2D eigenvalue weighted by atomic mass is 10.1. The topological polar surface area (TPSA) is 43.3 Å². The van der Waals surface area contributed by atoms with Gasteiger partial charge in [-0.1, -0.05) is 18.2 Å². The molecular weight excluding hydrogens is 216 g/mol. The molecule has 0 unspecified atom stereocenters. The molecule has 1 aliphatic rings. The minimum absolute atomic E-state index is 0.0910. The highest BCUT2D eigenvalue weighted by molar-refractivity contribution is 5.84. The average Bonchev–Trinajstić information content (AvgIpc) is 2.86. The summed E-state index contributed by atoms with van der Waals surface area (Å²) in [4.78, 5) is 11.0. The zero-order valence-electron chi connectivity index (χ0n) is 9.64. The minimum atomic E-state index is -0.310. The van der Waals surface area contributed by atoms with E-state index >= 15 is 0 Å². The maximum Gasteiger partial charge on any atom is 0.407 e. The van der Waals surface area contributed by atoms with Gasteiger partial charge in [0.15, 0.2) is 0 Å². The number of fused-ring (bicyclic) bond motifs is 1. The monoisotopic (exact) mass is 230 g/mol. The van der Waals surface area contributed by atoms with Crippen molar-refractivity contribution in [3.63, 3.8) is 0 Å². The van der Waals surface area contributed by atoms with Gasteiger partial charge in [0.1, 0.15) is 6.61 Å². The smallest absolute Gasteiger partial charge is 0.407 e. The van der Waals surface area contributed by atoms with Gasteiger partial charge < -0.3 is 14.6 Å². The van der Waals surface area contributed by atoms with E-state index in [1.807, 2.05) is 19.2 Å². The average molecular weight is 230 g/mol. The number of carbonyl (C=O) groups excluding carboxylic acids is 1. The number of aromatic nitrogens is 1. The molecule has 88 valence electrons. The Labute approximate surface area is 99.2 Å². The predicted molar refractivity (Wildman–Crippen MR) is 64.9 cm³/mol. The molecule has 1 amide bonds. The van der Waals surface area contributed by atoms with Gasteiger partial charge in [-0.05, 0) is 18.1 Å². The summed E-state index contributed by atoms with van der Waals surface area (Å²) in [6, 6.07) is 8.38. The van der Waals surface area contributed by atoms with Crippen molar-refractivity contribution in [3.05, 3.63) is 36.0 Å². The standard InChI is InChI=1S/C13H14N2O2/c1-15-7-9(6-10-8-17-13(16)14-10)11-4-2-3-5-12(11)15/h2-5,7,10H,6,8H2,1H3,(H,14,16)/t10-/m0/s1. The number of para-hydroxylation sites is 1. The van der Waals surface area contributed by atoms with Crippen LogP contribution in [0.3, 0.4) is 0 Å². The number of carbonyl (C=O) groups is 1. The Morgan fingerprint density at radius 2 is 2.29 bits per heavy atom. The van der Waals surface area contributed by atoms with Gasteiger partial charge in [0.05, 0.1) is 6.04 Å². The maximum atomic E-state index is 11.0. The third-order valence-electron chi connectivity index (χ3n) is 3.18. The molecule has 3 rings (SSSR count). The molecule has 1 aliphatic heterocycles. The summed E-state index contributed by atoms with van der Waals surface area (Å²) in [6.45, 7) is 0.460. The Morgan fingerprint density at radius 3 is 3.06 bits per heavy atom. The number of amides is 1. The second-order valence-corrected chi connectivity index (χ2v) is 4.43. The Morgan fingerprint density at radius 1 is 1.47 bits per heavy atom. The van der Waals surface area contributed by atoms with Gasteiger partial charge in [-0.25, -0.2) is 4.79 Å². The summed E-state index contributed by atoms with van der Waals surface area (Å²) in [6.07, 6.45) is 2.62. The molecule has 2 heterocycles. The largest absolute Gasteiger partial charge is 0.447 e. The lowest BCUT2D eigenvalue weighted by molar-refractivity contribution is 0.177. The molecule has 0 bridgehead atoms. The first-order valence-electron chi connectivity index (χ1n) is 5.70. The van der Waals surface area contributed by atoms with E-state index in [0.717, 1.165) is 6.42 Å². The minimum Gasteiger partial charge on any atom is -0.447 e. The van der Waals surface area contributed by atoms with E-state index in [1.54, 1.807) is 0 Å². The fourth-order valence-corrected chi connectivity index (χ4v) is 2.39. The van der Waals surface area contributed by atoms with Crippen LogP contribution in [-0.4, -0.2) is 23.3 Å². The van der Waals surface area contributed by atoms with Gasteiger partial charge in [0.25, 0.3) is 0 Å². The number of benzene rings is 1. The highest BCUT2D eigenvalue weighted by Gasteiger charge is 2.23. The van der Waals surface area contributed by atoms with Crippen molar-refractivity contribution in [2.45, 2.75) is 12.5 Å². The number of nitrogens with zero attached hydrogens (tertiary/aromatic N) is 1. The number of cyclic esters (lactones) is 1. The second kappa shape index (κ2) is 3.80. The zero-order chi connectivity index (χ0) is 11.8. The van der Waals surface area contributed by atoms with E-state index in [9.17, 15) is 4.79 Å². The number of ether oxygens (including phenoxy) is 1. The molecule has 4 heteroatoms. The maximum absolute atomic E-state index is 11.0. The van der Waals surface area contributed by atoms with E-state index in [1.165, 1.54) is 16.5 Å². The summed E-state index contributed by atoms with van der Waals surface area (Å²) >= 11 is 0. The fourth-order valence-electron chi connectivity index (χ4n) is 2.39. The molecule has 0 saturated carbocycles. The van der Waals surface area contributed by atoms with Gasteiger partial charge in [-0.15, -0.1) is 0 Å². The van der Waals surface area contributed by atoms with Crippen molar-refractivity contribution in [2.75, 3.05) is 6.61 Å². The third-order valence-corrected chi connectivity index (χ3v) is 3.18. The van der Waals surface area contributed by atoms with Crippen LogP contribution in [0, 0.1) is 0 Å². The molecule has 1 N–H and O–H groups in total. The van der Waals surface area contributed by atoms with Crippen molar-refractivity contribution in [1.29, 1.82) is 0 Å². The molecule has 2 aromatic rings. The molecule has 17 heavy (non-hydrogen) atoms. The zero-order valence-corrected chi connectivity index (χ0v) is 9.64. The van der Waals surface area contributed by atoms with Crippen LogP contribution in [0.1, 0.15) is 5.56 Å². The number of nitrogens with one attached hydrogen (secondary N) is 1. The Hall–Kier alpha value is -1.97. The summed E-state index contributed by atoms with van der Waals surface area (Å²) in [5, 5.41) is 4.05. The number of hydrogen-bond acceptors (Lipinski definition) is 2. The highest BCUT2D eigenvalue weighted by Crippen LogP contribution is 2.22. The third kappa shape index (κ3) is 1.75. The van der Waals surface area contributed by atoms with Gasteiger partial charge >= 0.3 is 6.09 Å². The van der Waals surface area contributed by atoms with Crippen LogP contribution in [0.25, 0.3) is 10.9 Å². The van der Waals surface area contributed by atoms with Gasteiger partial charge in [-0.3, -0.25) is 0 Å². The van der Waals surface area contributed by atoms with Crippen molar-refractivity contribution < 1.29 is 9.53 Å². The van der Waals surface area contributed by atoms with Crippen LogP contribution >= 0.6 is 0 Å². The van der Waals surface area contributed by atoms with Crippen LogP contribution in [-0.2, 0) is 18.2 Å². The van der Waals surface area contributed by atoms with Crippen LogP contribution in [0.15, 0.2) is 30.5 Å². The van der Waals surface area contributed by atoms with Gasteiger partial charge in [0, 0.05) is 24.1 Å². The number of hydrogen-bond donors (Lipinski definition) is 1. The Bertz CT molecular complexity index is 574. The summed E-state index contributed by atoms with van der Waals surface area (Å²) in [7, 11) is 2.04. The van der Waals surface area contributed by atoms with Gasteiger partial charge in [-0.2, -0.15) is 0 Å². The molecule has 0 radical (unpaired) electrons. The van der Waals surface area contributed by atoms with Crippen molar-refractivity contribution in [2.24, 2.45) is 7.05 Å². The van der Waals surface area contributed by atoms with E-state index in [2.05, 4.69) is 28.2 Å². The van der Waals surface area contributed by atoms with Crippen molar-refractivity contribution in [1.82, 2.24) is 9.88 Å². The van der Waals surface area contributed by atoms with Crippen LogP contribution < -0.4 is 5.32 Å². The number of alkyl carbamates (subject to hydrolysis) is 1.